The van der Waals surface area contributed by atoms with Crippen LogP contribution in [0.1, 0.15) is 0 Å². The van der Waals surface area contributed by atoms with E-state index in [1.165, 1.54) is 35.0 Å². The van der Waals surface area contributed by atoms with Crippen LogP contribution in [0.2, 0.25) is 0 Å². The van der Waals surface area contributed by atoms with E-state index in [2.05, 4.69) is 9.72 Å². The molecule has 8 heteroatoms. The molecule has 0 saturated heterocycles. The fraction of sp³-hybridized carbons (Fsp3) is 0.0588. The van der Waals surface area contributed by atoms with E-state index in [1.54, 1.807) is 30.3 Å². The zero-order valence-corrected chi connectivity index (χ0v) is 12.7. The maximum atomic E-state index is 12.2. The Morgan fingerprint density at radius 2 is 1.64 bits per heavy atom. The fourth-order valence-corrected chi connectivity index (χ4v) is 2.15. The summed E-state index contributed by atoms with van der Waals surface area (Å²) in [5, 5.41) is 0. The van der Waals surface area contributed by atoms with Crippen molar-refractivity contribution in [1.82, 2.24) is 9.55 Å². The Bertz CT molecular complexity index is 981. The lowest BCUT2D eigenvalue weighted by Gasteiger charge is -2.09. The molecule has 0 amide bonds. The summed E-state index contributed by atoms with van der Waals surface area (Å²) in [4.78, 5) is 25.0. The van der Waals surface area contributed by atoms with E-state index in [0.29, 0.717) is 17.2 Å². The van der Waals surface area contributed by atoms with Gasteiger partial charge in [-0.25, -0.2) is 4.79 Å². The van der Waals surface area contributed by atoms with Gasteiger partial charge in [-0.2, -0.15) is 8.78 Å². The van der Waals surface area contributed by atoms with Gasteiger partial charge in [-0.05, 0) is 36.4 Å². The molecule has 6 nitrogen and oxygen atoms in total. The molecule has 0 saturated carbocycles. The van der Waals surface area contributed by atoms with Crippen molar-refractivity contribution < 1.29 is 18.3 Å². The summed E-state index contributed by atoms with van der Waals surface area (Å²) >= 11 is 0. The van der Waals surface area contributed by atoms with Crippen LogP contribution in [0.4, 0.5) is 8.78 Å². The predicted molar refractivity (Wildman–Crippen MR) is 85.8 cm³/mol. The van der Waals surface area contributed by atoms with Crippen LogP contribution in [-0.4, -0.2) is 16.2 Å². The zero-order valence-electron chi connectivity index (χ0n) is 12.7. The molecule has 3 aromatic rings. The van der Waals surface area contributed by atoms with E-state index in [-0.39, 0.29) is 5.75 Å². The van der Waals surface area contributed by atoms with Gasteiger partial charge in [0.1, 0.15) is 17.2 Å². The monoisotopic (exact) mass is 346 g/mol. The number of halogens is 2. The second-order valence-electron chi connectivity index (χ2n) is 4.93. The Morgan fingerprint density at radius 1 is 0.920 bits per heavy atom. The predicted octanol–water partition coefficient (Wildman–Crippen LogP) is 2.92. The topological polar surface area (TPSA) is 73.3 Å². The van der Waals surface area contributed by atoms with E-state index in [1.807, 2.05) is 0 Å². The second-order valence-corrected chi connectivity index (χ2v) is 4.93. The van der Waals surface area contributed by atoms with Crippen LogP contribution in [0.15, 0.2) is 70.4 Å². The quantitative estimate of drug-likeness (QED) is 0.771. The first-order valence-corrected chi connectivity index (χ1v) is 7.16. The molecule has 128 valence electrons. The third kappa shape index (κ3) is 4.11. The summed E-state index contributed by atoms with van der Waals surface area (Å²) in [7, 11) is 0. The van der Waals surface area contributed by atoms with Crippen molar-refractivity contribution in [1.29, 1.82) is 0 Å². The highest BCUT2D eigenvalue weighted by atomic mass is 19.3. The minimum absolute atomic E-state index is 0.0103. The van der Waals surface area contributed by atoms with Gasteiger partial charge in [0.2, 0.25) is 0 Å². The first-order valence-electron chi connectivity index (χ1n) is 7.16. The minimum atomic E-state index is -2.91. The van der Waals surface area contributed by atoms with Crippen molar-refractivity contribution in [2.45, 2.75) is 6.61 Å². The second kappa shape index (κ2) is 7.00. The van der Waals surface area contributed by atoms with E-state index >= 15 is 0 Å². The number of alkyl halides is 2. The third-order valence-electron chi connectivity index (χ3n) is 3.21. The van der Waals surface area contributed by atoms with E-state index in [0.717, 1.165) is 0 Å². The minimum Gasteiger partial charge on any atom is -0.457 e. The summed E-state index contributed by atoms with van der Waals surface area (Å²) < 4.78 is 35.6. The summed E-state index contributed by atoms with van der Waals surface area (Å²) in [6, 6.07) is 13.5. The molecule has 0 aliphatic heterocycles. The number of aromatic nitrogens is 2. The lowest BCUT2D eigenvalue weighted by Crippen LogP contribution is -2.27. The number of rotatable bonds is 5. The van der Waals surface area contributed by atoms with Crippen molar-refractivity contribution in [3.05, 3.63) is 81.6 Å². The van der Waals surface area contributed by atoms with Crippen molar-refractivity contribution in [3.8, 4) is 22.9 Å². The van der Waals surface area contributed by atoms with Crippen LogP contribution in [0.3, 0.4) is 0 Å². The summed E-state index contributed by atoms with van der Waals surface area (Å²) in [5.74, 6) is 0.756. The molecule has 1 aromatic heterocycles. The first kappa shape index (κ1) is 16.4. The lowest BCUT2D eigenvalue weighted by molar-refractivity contribution is -0.0499. The maximum absolute atomic E-state index is 12.2. The number of nitrogens with one attached hydrogen (secondary N) is 1. The van der Waals surface area contributed by atoms with Crippen LogP contribution >= 0.6 is 0 Å². The smallest absolute Gasteiger partial charge is 0.387 e. The number of hydrogen-bond acceptors (Lipinski definition) is 4. The molecule has 25 heavy (non-hydrogen) atoms. The lowest BCUT2D eigenvalue weighted by atomic mass is 10.3. The van der Waals surface area contributed by atoms with Crippen LogP contribution in [0.5, 0.6) is 17.2 Å². The number of nitrogens with zero attached hydrogens (tertiary/aromatic N) is 1. The SMILES string of the molecule is O=c1ccn(-c2ccc(Oc3cccc(OC(F)F)c3)cc2)c(=O)[nH]1. The van der Waals surface area contributed by atoms with E-state index in [9.17, 15) is 18.4 Å². The zero-order chi connectivity index (χ0) is 17.8. The Hall–Kier alpha value is -3.42. The van der Waals surface area contributed by atoms with Crippen LogP contribution in [0.25, 0.3) is 5.69 Å². The van der Waals surface area contributed by atoms with Gasteiger partial charge < -0.3 is 9.47 Å². The normalized spacial score (nSPS) is 10.7. The van der Waals surface area contributed by atoms with Gasteiger partial charge in [-0.15, -0.1) is 0 Å². The summed E-state index contributed by atoms with van der Waals surface area (Å²) in [5.41, 5.74) is -0.506. The van der Waals surface area contributed by atoms with E-state index < -0.39 is 17.9 Å². The van der Waals surface area contributed by atoms with Crippen molar-refractivity contribution >= 4 is 0 Å². The maximum Gasteiger partial charge on any atom is 0.387 e. The highest BCUT2D eigenvalue weighted by molar-refractivity contribution is 5.41. The molecule has 0 unspecified atom stereocenters. The molecule has 1 heterocycles. The van der Waals surface area contributed by atoms with Crippen molar-refractivity contribution in [2.24, 2.45) is 0 Å². The number of benzene rings is 2. The van der Waals surface area contributed by atoms with Crippen molar-refractivity contribution in [2.75, 3.05) is 0 Å². The number of H-pyrrole nitrogens is 1. The van der Waals surface area contributed by atoms with Gasteiger partial charge in [-0.1, -0.05) is 6.07 Å². The van der Waals surface area contributed by atoms with Crippen molar-refractivity contribution in [3.63, 3.8) is 0 Å². The Balaban J connectivity index is 1.79. The highest BCUT2D eigenvalue weighted by Crippen LogP contribution is 2.26. The molecule has 0 radical (unpaired) electrons. The Morgan fingerprint density at radius 3 is 2.32 bits per heavy atom. The van der Waals surface area contributed by atoms with Gasteiger partial charge >= 0.3 is 12.3 Å². The van der Waals surface area contributed by atoms with Crippen LogP contribution < -0.4 is 20.7 Å². The largest absolute Gasteiger partial charge is 0.457 e. The molecule has 0 fully saturated rings. The third-order valence-corrected chi connectivity index (χ3v) is 3.21. The molecule has 0 aliphatic rings. The molecule has 0 bridgehead atoms. The van der Waals surface area contributed by atoms with Gasteiger partial charge in [0, 0.05) is 18.3 Å². The summed E-state index contributed by atoms with van der Waals surface area (Å²) in [6.45, 7) is -2.91. The Labute approximate surface area is 139 Å². The first-order chi connectivity index (χ1) is 12.0. The van der Waals surface area contributed by atoms with Gasteiger partial charge in [-0.3, -0.25) is 14.3 Å². The average Bonchev–Trinajstić information content (AvgIpc) is 2.56. The van der Waals surface area contributed by atoms with Gasteiger partial charge in [0.05, 0.1) is 5.69 Å². The number of ether oxygens (including phenoxy) is 2. The molecule has 1 N–H and O–H groups in total. The standard InChI is InChI=1S/C17H12F2N2O4/c18-16(19)25-14-3-1-2-13(10-14)24-12-6-4-11(5-7-12)21-9-8-15(22)20-17(21)23/h1-10,16H,(H,20,22,23). The van der Waals surface area contributed by atoms with Gasteiger partial charge in [0.15, 0.2) is 0 Å². The summed E-state index contributed by atoms with van der Waals surface area (Å²) in [6.07, 6.45) is 1.36. The fourth-order valence-electron chi connectivity index (χ4n) is 2.15. The average molecular weight is 346 g/mol. The van der Waals surface area contributed by atoms with E-state index in [4.69, 9.17) is 4.74 Å². The van der Waals surface area contributed by atoms with Crippen LogP contribution in [0, 0.1) is 0 Å². The molecule has 2 aromatic carbocycles. The molecule has 0 spiro atoms. The number of aromatic amines is 1. The molecule has 3 rings (SSSR count). The Kier molecular flexibility index (Phi) is 4.60. The number of hydrogen-bond donors (Lipinski definition) is 1. The molecule has 0 atom stereocenters. The molecular weight excluding hydrogens is 334 g/mol. The highest BCUT2D eigenvalue weighted by Gasteiger charge is 2.06. The van der Waals surface area contributed by atoms with Gasteiger partial charge in [0.25, 0.3) is 5.56 Å². The van der Waals surface area contributed by atoms with Crippen LogP contribution in [-0.2, 0) is 0 Å². The molecular formula is C17H12F2N2O4. The molecule has 0 aliphatic carbocycles.